The lowest BCUT2D eigenvalue weighted by Crippen LogP contribution is -2.39. The molecule has 750 valence electrons. The molecule has 141 heavy (non-hydrogen) atoms. The summed E-state index contributed by atoms with van der Waals surface area (Å²) in [6.07, 6.45) is -6.68. The molecule has 0 atom stereocenters. The number of hydrogen-bond donors (Lipinski definition) is 1. The summed E-state index contributed by atoms with van der Waals surface area (Å²) in [4.78, 5) is 93.9. The number of aliphatic hydroxyl groups is 1. The second kappa shape index (κ2) is 44.4. The van der Waals surface area contributed by atoms with Gasteiger partial charge in [0, 0.05) is 156 Å². The van der Waals surface area contributed by atoms with Gasteiger partial charge in [0.15, 0.2) is 0 Å². The highest BCUT2D eigenvalue weighted by Crippen LogP contribution is 2.44. The Morgan fingerprint density at radius 1 is 0.404 bits per heavy atom. The summed E-state index contributed by atoms with van der Waals surface area (Å²) in [5.74, 6) is 0.853. The van der Waals surface area contributed by atoms with Gasteiger partial charge in [0.2, 0.25) is 0 Å². The minimum Gasteiger partial charge on any atom is -0.513 e. The molecule has 4 fully saturated rings. The van der Waals surface area contributed by atoms with Crippen LogP contribution in [0.25, 0.3) is 43.6 Å². The lowest BCUT2D eigenvalue weighted by atomic mass is 9.91. The van der Waals surface area contributed by atoms with Crippen LogP contribution in [0.1, 0.15) is 212 Å². The molecule has 0 unspecified atom stereocenters. The van der Waals surface area contributed by atoms with E-state index in [1.165, 1.54) is 27.8 Å². The van der Waals surface area contributed by atoms with E-state index >= 15 is 0 Å². The quantitative estimate of drug-likeness (QED) is 0.0556. The van der Waals surface area contributed by atoms with Crippen molar-refractivity contribution in [2.45, 2.75) is 176 Å². The Morgan fingerprint density at radius 2 is 0.766 bits per heavy atom. The maximum Gasteiger partial charge on any atom is 0.416 e. The third kappa shape index (κ3) is 25.5. The van der Waals surface area contributed by atoms with Gasteiger partial charge >= 0.3 is 24.7 Å². The first kappa shape index (κ1) is 108. The monoisotopic (exact) mass is 2110 g/mol. The molecule has 4 aliphatic heterocycles. The molecular formula is C101H98Cl8F12N12O8. The lowest BCUT2D eigenvalue weighted by Gasteiger charge is -2.32. The number of aliphatic hydroxyl groups excluding tert-OH is 1. The van der Waals surface area contributed by atoms with Crippen molar-refractivity contribution < 1.29 is 91.4 Å². The van der Waals surface area contributed by atoms with Crippen LogP contribution in [0.5, 0.6) is 0 Å². The molecule has 8 aromatic carbocycles. The number of halogens is 20. The first-order valence-corrected chi connectivity index (χ1v) is 48.3. The van der Waals surface area contributed by atoms with Crippen molar-refractivity contribution >= 4 is 177 Å². The molecule has 40 heteroatoms. The highest BCUT2D eigenvalue weighted by atomic mass is 35.5. The Hall–Kier alpha value is -10.5. The summed E-state index contributed by atoms with van der Waals surface area (Å²) in [5, 5.41) is 30.8. The van der Waals surface area contributed by atoms with Crippen molar-refractivity contribution in [2.75, 3.05) is 52.4 Å². The van der Waals surface area contributed by atoms with Gasteiger partial charge in [-0.2, -0.15) is 73.1 Å². The van der Waals surface area contributed by atoms with Crippen molar-refractivity contribution in [2.24, 2.45) is 30.7 Å². The number of allylic oxidation sites excluding steroid dienone is 1. The number of alkyl halides is 12. The summed E-state index contributed by atoms with van der Waals surface area (Å²) >= 11 is 52.3. The Morgan fingerprint density at radius 3 is 1.17 bits per heavy atom. The van der Waals surface area contributed by atoms with Crippen LogP contribution < -0.4 is 0 Å². The first-order valence-electron chi connectivity index (χ1n) is 45.3. The van der Waals surface area contributed by atoms with Gasteiger partial charge in [0.25, 0.3) is 23.6 Å². The third-order valence-corrected chi connectivity index (χ3v) is 29.2. The van der Waals surface area contributed by atoms with Gasteiger partial charge in [-0.15, -0.1) is 0 Å². The minimum atomic E-state index is -4.47. The number of carbonyl (C=O) groups is 7. The molecule has 4 aromatic heterocycles. The SMILES string of the molecule is C=C(O)CC1CCN(C(=O)c2ccc(Cl)c(Cc3nn(C)c4cc(C(F)(F)F)cc(C)c34)c2Cl)CC1.CC(=O)CC1CCN(C(=O)c2ccc(Cl)c(Cn3cc4cc(C(F)(F)F)cc(C)c4n3)c2Cl)CC1.CC(=O)CC1CCN(C(=O)c2ccc(Cl)c(Cn3nc(C)c4cc(C(F)(F)F)ccc43)c2Cl)CC1.CC(=O)CC1CCN(C(=O)c2ccc(Cl)c(Cn3ncc4cc(C(F)(F)F)cc(C)c43)c2Cl)CC1. The second-order valence-corrected chi connectivity index (χ2v) is 39.6. The number of aryl methyl sites for hydroxylation is 5. The molecule has 0 radical (unpaired) electrons. The average Bonchev–Trinajstić information content (AvgIpc) is 1.66. The van der Waals surface area contributed by atoms with Crippen LogP contribution in [-0.2, 0) is 72.2 Å². The van der Waals surface area contributed by atoms with E-state index in [4.69, 9.17) is 92.8 Å². The lowest BCUT2D eigenvalue weighted by molar-refractivity contribution is -0.138. The van der Waals surface area contributed by atoms with E-state index in [1.807, 2.05) is 0 Å². The van der Waals surface area contributed by atoms with E-state index in [2.05, 4.69) is 27.0 Å². The van der Waals surface area contributed by atoms with Crippen LogP contribution in [-0.4, -0.2) is 157 Å². The average molecular weight is 2120 g/mol. The fourth-order valence-electron chi connectivity index (χ4n) is 18.8. The number of rotatable bonds is 20. The number of fused-ring (bicyclic) bond motifs is 4. The van der Waals surface area contributed by atoms with Crippen LogP contribution in [0.4, 0.5) is 52.7 Å². The van der Waals surface area contributed by atoms with Crippen LogP contribution >= 0.6 is 92.8 Å². The van der Waals surface area contributed by atoms with Gasteiger partial charge in [-0.05, 0) is 249 Å². The number of nitrogens with zero attached hydrogens (tertiary/aromatic N) is 12. The summed E-state index contributed by atoms with van der Waals surface area (Å²) < 4.78 is 165. The number of likely N-dealkylation sites (tertiary alicyclic amines) is 4. The number of piperidine rings is 4. The Balaban J connectivity index is 0.000000158. The van der Waals surface area contributed by atoms with Gasteiger partial charge < -0.3 is 39.1 Å². The molecule has 4 aliphatic rings. The molecule has 0 aliphatic carbocycles. The molecule has 0 saturated carbocycles. The summed E-state index contributed by atoms with van der Waals surface area (Å²) in [6.45, 7) is 19.3. The van der Waals surface area contributed by atoms with Crippen molar-refractivity contribution in [3.8, 4) is 0 Å². The fourth-order valence-corrected chi connectivity index (χ4v) is 21.1. The number of benzene rings is 8. The van der Waals surface area contributed by atoms with Crippen molar-refractivity contribution in [1.29, 1.82) is 0 Å². The number of Topliss-reactive ketones (excluding diaryl/α,β-unsaturated/α-hetero) is 3. The predicted molar refractivity (Wildman–Crippen MR) is 522 cm³/mol. The van der Waals surface area contributed by atoms with E-state index in [0.29, 0.717) is 214 Å². The normalized spacial score (nSPS) is 15.1. The number of carbonyl (C=O) groups excluding carboxylic acids is 7. The van der Waals surface area contributed by atoms with Gasteiger partial charge in [-0.25, -0.2) is 0 Å². The molecule has 0 bridgehead atoms. The van der Waals surface area contributed by atoms with Crippen LogP contribution in [0.3, 0.4) is 0 Å². The number of hydrogen-bond acceptors (Lipinski definition) is 12. The maximum atomic E-state index is 13.3. The molecular weight excluding hydrogens is 2020 g/mol. The number of amides is 4. The molecule has 8 heterocycles. The molecule has 0 spiro atoms. The van der Waals surface area contributed by atoms with Crippen molar-refractivity contribution in [1.82, 2.24) is 58.7 Å². The Bertz CT molecular complexity index is 6710. The van der Waals surface area contributed by atoms with Crippen LogP contribution in [0.15, 0.2) is 128 Å². The summed E-state index contributed by atoms with van der Waals surface area (Å²) in [5.41, 5.74) is 4.25. The molecule has 4 amide bonds. The molecule has 12 aromatic rings. The molecule has 16 rings (SSSR count). The van der Waals surface area contributed by atoms with E-state index in [9.17, 15) is 91.4 Å². The fraction of sp³-hybridized carbons (Fsp3) is 0.396. The zero-order valence-corrected chi connectivity index (χ0v) is 83.7. The highest BCUT2D eigenvalue weighted by molar-refractivity contribution is 6.40. The van der Waals surface area contributed by atoms with E-state index in [-0.39, 0.29) is 117 Å². The molecule has 4 saturated heterocycles. The number of aromatic nitrogens is 8. The highest BCUT2D eigenvalue weighted by Gasteiger charge is 2.39. The third-order valence-electron chi connectivity index (χ3n) is 26.0. The standard InChI is InChI=1S/C26H26Cl2F3N3O2.3C25H24Cl2F3N3O2/c1-14-10-17(26(29,30)31)12-22-23(14)21(32-33(22)3)13-19-20(27)5-4-18(24(19)28)25(36)34-8-6-16(7-9-34)11-15(2)35;1-14(34)11-16-7-9-32(10-8-16)24(35)18-4-5-21(26)20(23(18)27)13-33-22-6-3-17(25(28,29)30)12-19(22)15(2)31-33;1-14-9-18(25(28,29)30)11-17-12-33(31-23(14)17)13-20-21(26)4-3-19(22(20)27)24(35)32-7-5-16(6-8-32)10-15(2)34;1-14-9-18(25(28,29)30)11-17-12-31-33(23(14)17)13-20-21(26)4-3-19(22(20)27)24(35)32-7-5-16(6-8-32)10-15(2)34/h4-5,10,12,16,35H,2,6-9,11,13H2,1,3H3;3-6,12,16H,7-11,13H2,1-2H3;2*3-4,9,11-12,16H,5-8,10,13H2,1-2H3. The van der Waals surface area contributed by atoms with E-state index in [0.717, 1.165) is 99.9 Å². The second-order valence-electron chi connectivity index (χ2n) is 36.5. The Labute approximate surface area is 844 Å². The maximum absolute atomic E-state index is 13.3. The van der Waals surface area contributed by atoms with Crippen molar-refractivity contribution in [3.63, 3.8) is 0 Å². The first-order chi connectivity index (χ1) is 66.2. The van der Waals surface area contributed by atoms with Crippen LogP contribution in [0.2, 0.25) is 40.2 Å². The van der Waals surface area contributed by atoms with E-state index < -0.39 is 47.0 Å². The van der Waals surface area contributed by atoms with Gasteiger partial charge in [-0.1, -0.05) is 99.4 Å². The topological polar surface area (TPSA) is 224 Å². The number of ketones is 3. The summed E-state index contributed by atoms with van der Waals surface area (Å²) in [7, 11) is 1.59. The van der Waals surface area contributed by atoms with E-state index in [1.54, 1.807) is 133 Å². The van der Waals surface area contributed by atoms with Crippen molar-refractivity contribution in [3.05, 3.63) is 263 Å². The van der Waals surface area contributed by atoms with Gasteiger partial charge in [0.05, 0.1) is 130 Å². The largest absolute Gasteiger partial charge is 0.513 e. The van der Waals surface area contributed by atoms with Gasteiger partial charge in [0.1, 0.15) is 17.3 Å². The molecule has 20 nitrogen and oxygen atoms in total. The zero-order valence-electron chi connectivity index (χ0n) is 77.7. The van der Waals surface area contributed by atoms with Crippen LogP contribution in [0, 0.1) is 51.4 Å². The zero-order chi connectivity index (χ0) is 103. The predicted octanol–water partition coefficient (Wildman–Crippen LogP) is 26.8. The molecule has 1 N–H and O–H groups in total. The minimum absolute atomic E-state index is 0.0922. The summed E-state index contributed by atoms with van der Waals surface area (Å²) in [6, 6.07) is 22.7. The Kier molecular flexibility index (Phi) is 34.0. The van der Waals surface area contributed by atoms with Gasteiger partial charge in [-0.3, -0.25) is 37.9 Å². The smallest absolute Gasteiger partial charge is 0.416 e.